The Morgan fingerprint density at radius 1 is 1.18 bits per heavy atom. The van der Waals surface area contributed by atoms with Crippen LogP contribution in [0.1, 0.15) is 33.3 Å². The molecule has 2 aromatic carbocycles. The zero-order chi connectivity index (χ0) is 23.5. The average molecular weight is 482 g/mol. The van der Waals surface area contributed by atoms with Crippen molar-refractivity contribution >= 4 is 44.8 Å². The van der Waals surface area contributed by atoms with Gasteiger partial charge in [-0.25, -0.2) is 14.8 Å². The second-order valence-corrected chi connectivity index (χ2v) is 9.25. The van der Waals surface area contributed by atoms with Gasteiger partial charge in [0, 0.05) is 38.2 Å². The number of nitrogens with zero attached hydrogens (tertiary/aromatic N) is 2. The molecule has 0 bridgehead atoms. The minimum Gasteiger partial charge on any atom is -0.493 e. The number of anilines is 1. The summed E-state index contributed by atoms with van der Waals surface area (Å²) in [6.45, 7) is 7.13. The highest BCUT2D eigenvalue weighted by Crippen LogP contribution is 2.38. The minimum atomic E-state index is -1.03. The SMILES string of the molecule is CCOc1cc(-c2cc(NCCc3c(C)sc4c(C)ccc(Cl)c34)ncn2)ccc1C(=O)O. The predicted octanol–water partition coefficient (Wildman–Crippen LogP) is 6.38. The van der Waals surface area contributed by atoms with E-state index in [4.69, 9.17) is 16.3 Å². The molecule has 0 fully saturated rings. The number of aromatic nitrogens is 2. The largest absolute Gasteiger partial charge is 0.493 e. The number of fused-ring (bicyclic) bond motifs is 1. The van der Waals surface area contributed by atoms with Crippen molar-refractivity contribution in [2.75, 3.05) is 18.5 Å². The quantitative estimate of drug-likeness (QED) is 0.304. The highest BCUT2D eigenvalue weighted by molar-refractivity contribution is 7.19. The van der Waals surface area contributed by atoms with Gasteiger partial charge in [0.15, 0.2) is 0 Å². The molecule has 0 spiro atoms. The summed E-state index contributed by atoms with van der Waals surface area (Å²) in [5.74, 6) is -0.0103. The lowest BCUT2D eigenvalue weighted by molar-refractivity contribution is 0.0692. The van der Waals surface area contributed by atoms with E-state index in [2.05, 4.69) is 35.2 Å². The molecule has 2 aromatic heterocycles. The molecule has 2 heterocycles. The van der Waals surface area contributed by atoms with E-state index in [1.165, 1.54) is 33.1 Å². The topological polar surface area (TPSA) is 84.3 Å². The van der Waals surface area contributed by atoms with E-state index in [9.17, 15) is 9.90 Å². The smallest absolute Gasteiger partial charge is 0.339 e. The summed E-state index contributed by atoms with van der Waals surface area (Å²) in [5.41, 5.74) is 4.07. The first kappa shape index (κ1) is 23.0. The second-order valence-electron chi connectivity index (χ2n) is 7.62. The Morgan fingerprint density at radius 2 is 2.00 bits per heavy atom. The Labute approximate surface area is 201 Å². The van der Waals surface area contributed by atoms with Crippen LogP contribution in [0.4, 0.5) is 5.82 Å². The molecule has 4 aromatic rings. The zero-order valence-electron chi connectivity index (χ0n) is 18.6. The molecule has 0 aliphatic heterocycles. The Bertz CT molecular complexity index is 1340. The van der Waals surface area contributed by atoms with Gasteiger partial charge in [-0.15, -0.1) is 11.3 Å². The van der Waals surface area contributed by atoms with Crippen molar-refractivity contribution in [3.8, 4) is 17.0 Å². The number of carboxylic acid groups (broad SMARTS) is 1. The summed E-state index contributed by atoms with van der Waals surface area (Å²) in [7, 11) is 0. The number of carboxylic acids is 1. The molecular formula is C25H24ClN3O3S. The van der Waals surface area contributed by atoms with Gasteiger partial charge in [-0.1, -0.05) is 23.7 Å². The molecule has 4 rings (SSSR count). The zero-order valence-corrected chi connectivity index (χ0v) is 20.2. The summed E-state index contributed by atoms with van der Waals surface area (Å²) in [6, 6.07) is 10.8. The molecule has 0 amide bonds. The molecule has 0 radical (unpaired) electrons. The van der Waals surface area contributed by atoms with Gasteiger partial charge < -0.3 is 15.2 Å². The summed E-state index contributed by atoms with van der Waals surface area (Å²) in [5, 5.41) is 14.7. The minimum absolute atomic E-state index is 0.125. The number of thiophene rings is 1. The van der Waals surface area contributed by atoms with Crippen LogP contribution in [0.5, 0.6) is 5.75 Å². The number of benzene rings is 2. The molecule has 0 atom stereocenters. The van der Waals surface area contributed by atoms with Crippen LogP contribution in [-0.2, 0) is 6.42 Å². The predicted molar refractivity (Wildman–Crippen MR) is 134 cm³/mol. The number of rotatable bonds is 8. The van der Waals surface area contributed by atoms with E-state index in [0.717, 1.165) is 22.4 Å². The normalized spacial score (nSPS) is 11.0. The number of hydrogen-bond acceptors (Lipinski definition) is 6. The first-order valence-corrected chi connectivity index (χ1v) is 11.8. The Kier molecular flexibility index (Phi) is 6.81. The number of nitrogens with one attached hydrogen (secondary N) is 1. The van der Waals surface area contributed by atoms with Crippen molar-refractivity contribution in [2.45, 2.75) is 27.2 Å². The maximum absolute atomic E-state index is 11.4. The fourth-order valence-electron chi connectivity index (χ4n) is 3.83. The number of ether oxygens (including phenoxy) is 1. The highest BCUT2D eigenvalue weighted by atomic mass is 35.5. The van der Waals surface area contributed by atoms with E-state index in [-0.39, 0.29) is 5.56 Å². The standard InChI is InChI=1S/C25H24ClN3O3S/c1-4-32-21-11-16(6-7-18(21)25(30)31)20-12-22(29-13-28-20)27-10-9-17-15(3)33-24-14(2)5-8-19(26)23(17)24/h5-8,11-13H,4,9-10H2,1-3H3,(H,30,31)(H,27,28,29). The van der Waals surface area contributed by atoms with Gasteiger partial charge in [-0.2, -0.15) is 0 Å². The highest BCUT2D eigenvalue weighted by Gasteiger charge is 2.15. The van der Waals surface area contributed by atoms with Crippen LogP contribution in [0.2, 0.25) is 5.02 Å². The van der Waals surface area contributed by atoms with Crippen molar-refractivity contribution in [1.82, 2.24) is 9.97 Å². The van der Waals surface area contributed by atoms with Gasteiger partial charge >= 0.3 is 5.97 Å². The molecule has 0 unspecified atom stereocenters. The van der Waals surface area contributed by atoms with E-state index < -0.39 is 5.97 Å². The molecule has 0 saturated carbocycles. The van der Waals surface area contributed by atoms with Crippen LogP contribution in [0.25, 0.3) is 21.3 Å². The lowest BCUT2D eigenvalue weighted by Crippen LogP contribution is -2.07. The molecule has 170 valence electrons. The Balaban J connectivity index is 1.53. The second kappa shape index (κ2) is 9.77. The van der Waals surface area contributed by atoms with Crippen LogP contribution in [0.3, 0.4) is 0 Å². The van der Waals surface area contributed by atoms with Crippen molar-refractivity contribution in [3.05, 3.63) is 69.3 Å². The summed E-state index contributed by atoms with van der Waals surface area (Å²) >= 11 is 8.30. The molecule has 0 saturated heterocycles. The third-order valence-corrected chi connectivity index (χ3v) is 7.04. The molecule has 6 nitrogen and oxygen atoms in total. The van der Waals surface area contributed by atoms with E-state index in [0.29, 0.717) is 30.4 Å². The Morgan fingerprint density at radius 3 is 2.76 bits per heavy atom. The van der Waals surface area contributed by atoms with Gasteiger partial charge in [0.25, 0.3) is 0 Å². The first-order chi connectivity index (χ1) is 15.9. The molecule has 0 aliphatic carbocycles. The van der Waals surface area contributed by atoms with Crippen LogP contribution in [0, 0.1) is 13.8 Å². The van der Waals surface area contributed by atoms with Crippen LogP contribution < -0.4 is 10.1 Å². The average Bonchev–Trinajstić information content (AvgIpc) is 3.14. The summed E-state index contributed by atoms with van der Waals surface area (Å²) in [4.78, 5) is 21.4. The van der Waals surface area contributed by atoms with Crippen molar-refractivity contribution in [3.63, 3.8) is 0 Å². The summed E-state index contributed by atoms with van der Waals surface area (Å²) in [6.07, 6.45) is 2.31. The number of halogens is 1. The Hall–Kier alpha value is -3.16. The third-order valence-electron chi connectivity index (χ3n) is 5.44. The fourth-order valence-corrected chi connectivity index (χ4v) is 5.35. The van der Waals surface area contributed by atoms with Gasteiger partial charge in [0.2, 0.25) is 0 Å². The van der Waals surface area contributed by atoms with Gasteiger partial charge in [-0.05, 0) is 56.5 Å². The number of aryl methyl sites for hydroxylation is 2. The van der Waals surface area contributed by atoms with Crippen molar-refractivity contribution in [1.29, 1.82) is 0 Å². The molecule has 8 heteroatoms. The number of aromatic carboxylic acids is 1. The monoisotopic (exact) mass is 481 g/mol. The maximum atomic E-state index is 11.4. The fraction of sp³-hybridized carbons (Fsp3) is 0.240. The molecule has 33 heavy (non-hydrogen) atoms. The molecule has 2 N–H and O–H groups in total. The van der Waals surface area contributed by atoms with E-state index in [1.54, 1.807) is 23.5 Å². The molecular weight excluding hydrogens is 458 g/mol. The first-order valence-electron chi connectivity index (χ1n) is 10.6. The third kappa shape index (κ3) is 4.79. The maximum Gasteiger partial charge on any atom is 0.339 e. The molecule has 0 aliphatic rings. The van der Waals surface area contributed by atoms with Crippen LogP contribution in [0.15, 0.2) is 42.7 Å². The van der Waals surface area contributed by atoms with Gasteiger partial charge in [0.1, 0.15) is 23.5 Å². The van der Waals surface area contributed by atoms with E-state index in [1.807, 2.05) is 19.1 Å². The van der Waals surface area contributed by atoms with Crippen LogP contribution in [-0.4, -0.2) is 34.2 Å². The van der Waals surface area contributed by atoms with Crippen molar-refractivity contribution in [2.24, 2.45) is 0 Å². The summed E-state index contributed by atoms with van der Waals surface area (Å²) < 4.78 is 6.76. The lowest BCUT2D eigenvalue weighted by Gasteiger charge is -2.11. The van der Waals surface area contributed by atoms with Crippen molar-refractivity contribution < 1.29 is 14.6 Å². The van der Waals surface area contributed by atoms with Gasteiger partial charge in [-0.3, -0.25) is 0 Å². The lowest BCUT2D eigenvalue weighted by atomic mass is 10.1. The van der Waals surface area contributed by atoms with Gasteiger partial charge in [0.05, 0.1) is 12.3 Å². The number of carbonyl (C=O) groups is 1. The number of hydrogen-bond donors (Lipinski definition) is 2. The van der Waals surface area contributed by atoms with E-state index >= 15 is 0 Å². The van der Waals surface area contributed by atoms with Crippen LogP contribution >= 0.6 is 22.9 Å².